The summed E-state index contributed by atoms with van der Waals surface area (Å²) >= 11 is 1.68. The fraction of sp³-hybridized carbons (Fsp3) is 0.429. The van der Waals surface area contributed by atoms with E-state index in [2.05, 4.69) is 21.6 Å². The lowest BCUT2D eigenvalue weighted by atomic mass is 10.2. The molecule has 1 aliphatic heterocycles. The molecule has 1 saturated heterocycles. The van der Waals surface area contributed by atoms with Crippen LogP contribution in [0.2, 0.25) is 0 Å². The van der Waals surface area contributed by atoms with E-state index < -0.39 is 0 Å². The van der Waals surface area contributed by atoms with Gasteiger partial charge in [-0.25, -0.2) is 0 Å². The summed E-state index contributed by atoms with van der Waals surface area (Å²) in [6.45, 7) is 6.00. The second-order valence-corrected chi connectivity index (χ2v) is 7.60. The summed E-state index contributed by atoms with van der Waals surface area (Å²) in [5.41, 5.74) is 0.492. The number of carbonyl (C=O) groups excluding carboxylic acids is 2. The Kier molecular flexibility index (Phi) is 8.03. The highest BCUT2D eigenvalue weighted by Crippen LogP contribution is 2.25. The van der Waals surface area contributed by atoms with Gasteiger partial charge in [0.2, 0.25) is 5.91 Å². The van der Waals surface area contributed by atoms with Crippen LogP contribution < -0.4 is 15.4 Å². The predicted molar refractivity (Wildman–Crippen MR) is 112 cm³/mol. The van der Waals surface area contributed by atoms with Crippen molar-refractivity contribution in [1.29, 1.82) is 0 Å². The van der Waals surface area contributed by atoms with Crippen molar-refractivity contribution in [2.45, 2.75) is 13.0 Å². The van der Waals surface area contributed by atoms with E-state index in [0.717, 1.165) is 13.1 Å². The highest BCUT2D eigenvalue weighted by molar-refractivity contribution is 7.10. The molecule has 8 heteroatoms. The summed E-state index contributed by atoms with van der Waals surface area (Å²) in [5, 5.41) is 7.66. The summed E-state index contributed by atoms with van der Waals surface area (Å²) < 4.78 is 10.8. The Morgan fingerprint density at radius 3 is 2.59 bits per heavy atom. The predicted octanol–water partition coefficient (Wildman–Crippen LogP) is 2.07. The highest BCUT2D eigenvalue weighted by atomic mass is 32.1. The molecule has 1 aromatic heterocycles. The minimum atomic E-state index is -0.286. The fourth-order valence-electron chi connectivity index (χ4n) is 3.18. The third-order valence-corrected chi connectivity index (χ3v) is 5.66. The number of hydrogen-bond acceptors (Lipinski definition) is 6. The first-order valence-electron chi connectivity index (χ1n) is 9.80. The molecule has 1 fully saturated rings. The Morgan fingerprint density at radius 2 is 1.93 bits per heavy atom. The van der Waals surface area contributed by atoms with Crippen LogP contribution in [-0.4, -0.2) is 62.7 Å². The second-order valence-electron chi connectivity index (χ2n) is 6.62. The van der Waals surface area contributed by atoms with Crippen LogP contribution in [0, 0.1) is 0 Å². The second kappa shape index (κ2) is 10.9. The maximum absolute atomic E-state index is 12.3. The van der Waals surface area contributed by atoms with Gasteiger partial charge in [-0.15, -0.1) is 11.3 Å². The number of hydrogen-bond donors (Lipinski definition) is 2. The molecule has 2 amide bonds. The van der Waals surface area contributed by atoms with Crippen molar-refractivity contribution in [3.63, 3.8) is 0 Å². The summed E-state index contributed by atoms with van der Waals surface area (Å²) in [5.74, 6) is 0.217. The average Bonchev–Trinajstić information content (AvgIpc) is 3.28. The lowest BCUT2D eigenvalue weighted by Gasteiger charge is -2.34. The molecule has 2 heterocycles. The number of ether oxygens (including phenoxy) is 2. The molecule has 0 saturated carbocycles. The van der Waals surface area contributed by atoms with Gasteiger partial charge in [-0.05, 0) is 42.6 Å². The zero-order valence-electron chi connectivity index (χ0n) is 16.6. The smallest absolute Gasteiger partial charge is 0.251 e. The molecule has 3 rings (SSSR count). The van der Waals surface area contributed by atoms with E-state index in [9.17, 15) is 9.59 Å². The number of morpholine rings is 1. The first kappa shape index (κ1) is 21.3. The number of thiophene rings is 1. The standard InChI is InChI=1S/C21H27N3O4S/c1-2-28-17-7-5-16(6-8-17)21(26)23-15-20(25)22-14-18(19-4-3-13-29-19)24-9-11-27-12-10-24/h3-8,13,18H,2,9-12,14-15H2,1H3,(H,22,25)(H,23,26)/t18-/m0/s1. The van der Waals surface area contributed by atoms with Crippen LogP contribution in [0.15, 0.2) is 41.8 Å². The van der Waals surface area contributed by atoms with E-state index in [4.69, 9.17) is 9.47 Å². The topological polar surface area (TPSA) is 79.9 Å². The van der Waals surface area contributed by atoms with Crippen molar-refractivity contribution in [3.05, 3.63) is 52.2 Å². The molecule has 0 radical (unpaired) electrons. The van der Waals surface area contributed by atoms with E-state index in [-0.39, 0.29) is 24.4 Å². The SMILES string of the molecule is CCOc1ccc(C(=O)NCC(=O)NC[C@@H](c2cccs2)N2CCOCC2)cc1. The van der Waals surface area contributed by atoms with E-state index in [1.165, 1.54) is 4.88 Å². The van der Waals surface area contributed by atoms with Gasteiger partial charge in [-0.3, -0.25) is 14.5 Å². The maximum atomic E-state index is 12.3. The molecule has 2 N–H and O–H groups in total. The molecule has 0 aliphatic carbocycles. The van der Waals surface area contributed by atoms with Gasteiger partial charge in [-0.1, -0.05) is 6.07 Å². The molecule has 1 aliphatic rings. The Balaban J connectivity index is 1.48. The van der Waals surface area contributed by atoms with Crippen LogP contribution in [0.3, 0.4) is 0 Å². The molecule has 156 valence electrons. The van der Waals surface area contributed by atoms with Crippen molar-refractivity contribution in [2.24, 2.45) is 0 Å². The van der Waals surface area contributed by atoms with Gasteiger partial charge < -0.3 is 20.1 Å². The fourth-order valence-corrected chi connectivity index (χ4v) is 4.05. The van der Waals surface area contributed by atoms with Gasteiger partial charge in [0, 0.05) is 30.1 Å². The molecule has 29 heavy (non-hydrogen) atoms. The Bertz CT molecular complexity index is 774. The molecular weight excluding hydrogens is 390 g/mol. The number of benzene rings is 1. The van der Waals surface area contributed by atoms with Gasteiger partial charge in [0.25, 0.3) is 5.91 Å². The first-order valence-corrected chi connectivity index (χ1v) is 10.7. The largest absolute Gasteiger partial charge is 0.494 e. The van der Waals surface area contributed by atoms with Crippen LogP contribution in [0.25, 0.3) is 0 Å². The number of amides is 2. The van der Waals surface area contributed by atoms with Gasteiger partial charge in [0.05, 0.1) is 32.4 Å². The normalized spacial score (nSPS) is 15.5. The number of nitrogens with one attached hydrogen (secondary N) is 2. The molecule has 0 unspecified atom stereocenters. The minimum Gasteiger partial charge on any atom is -0.494 e. The van der Waals surface area contributed by atoms with Gasteiger partial charge in [-0.2, -0.15) is 0 Å². The third-order valence-electron chi connectivity index (χ3n) is 4.69. The van der Waals surface area contributed by atoms with Gasteiger partial charge in [0.1, 0.15) is 5.75 Å². The summed E-state index contributed by atoms with van der Waals surface area (Å²) in [6, 6.07) is 11.1. The number of nitrogens with zero attached hydrogens (tertiary/aromatic N) is 1. The van der Waals surface area contributed by atoms with E-state index in [0.29, 0.717) is 37.7 Å². The molecular formula is C21H27N3O4S. The average molecular weight is 418 g/mol. The monoisotopic (exact) mass is 417 g/mol. The van der Waals surface area contributed by atoms with Crippen LogP contribution in [-0.2, 0) is 9.53 Å². The van der Waals surface area contributed by atoms with E-state index >= 15 is 0 Å². The Labute approximate surface area is 175 Å². The lowest BCUT2D eigenvalue weighted by molar-refractivity contribution is -0.120. The van der Waals surface area contributed by atoms with Crippen molar-refractivity contribution < 1.29 is 19.1 Å². The van der Waals surface area contributed by atoms with Crippen LogP contribution in [0.4, 0.5) is 0 Å². The lowest BCUT2D eigenvalue weighted by Crippen LogP contribution is -2.45. The summed E-state index contributed by atoms with van der Waals surface area (Å²) in [7, 11) is 0. The molecule has 0 spiro atoms. The minimum absolute atomic E-state index is 0.0632. The van der Waals surface area contributed by atoms with Crippen molar-refractivity contribution >= 4 is 23.2 Å². The first-order chi connectivity index (χ1) is 14.2. The van der Waals surface area contributed by atoms with E-state index in [1.54, 1.807) is 35.6 Å². The summed E-state index contributed by atoms with van der Waals surface area (Å²) in [6.07, 6.45) is 0. The third kappa shape index (κ3) is 6.28. The van der Waals surface area contributed by atoms with E-state index in [1.807, 2.05) is 18.4 Å². The molecule has 1 atom stereocenters. The molecule has 7 nitrogen and oxygen atoms in total. The summed E-state index contributed by atoms with van der Waals surface area (Å²) in [4.78, 5) is 28.1. The number of carbonyl (C=O) groups is 2. The van der Waals surface area contributed by atoms with Gasteiger partial charge in [0.15, 0.2) is 0 Å². The quantitative estimate of drug-likeness (QED) is 0.653. The maximum Gasteiger partial charge on any atom is 0.251 e. The molecule has 1 aromatic carbocycles. The van der Waals surface area contributed by atoms with Crippen molar-refractivity contribution in [3.8, 4) is 5.75 Å². The highest BCUT2D eigenvalue weighted by Gasteiger charge is 2.24. The molecule has 2 aromatic rings. The van der Waals surface area contributed by atoms with Gasteiger partial charge >= 0.3 is 0 Å². The number of rotatable bonds is 9. The Hall–Kier alpha value is -2.42. The molecule has 0 bridgehead atoms. The van der Waals surface area contributed by atoms with Crippen molar-refractivity contribution in [2.75, 3.05) is 46.0 Å². The Morgan fingerprint density at radius 1 is 1.17 bits per heavy atom. The zero-order valence-corrected chi connectivity index (χ0v) is 17.4. The van der Waals surface area contributed by atoms with Crippen LogP contribution in [0.5, 0.6) is 5.75 Å². The van der Waals surface area contributed by atoms with Crippen LogP contribution >= 0.6 is 11.3 Å². The zero-order chi connectivity index (χ0) is 20.5. The van der Waals surface area contributed by atoms with Crippen LogP contribution in [0.1, 0.15) is 28.2 Å². The van der Waals surface area contributed by atoms with Crippen molar-refractivity contribution in [1.82, 2.24) is 15.5 Å².